The van der Waals surface area contributed by atoms with E-state index in [1.165, 1.54) is 31.2 Å². The zero-order valence-corrected chi connectivity index (χ0v) is 8.51. The zero-order valence-electron chi connectivity index (χ0n) is 8.51. The molecule has 88 valence electrons. The topological polar surface area (TPSA) is 9.23 Å². The largest absolute Gasteiger partial charge is 0.471 e. The highest BCUT2D eigenvalue weighted by molar-refractivity contribution is 5.70. The molecule has 0 bridgehead atoms. The van der Waals surface area contributed by atoms with Crippen molar-refractivity contribution in [3.05, 3.63) is 41.9 Å². The van der Waals surface area contributed by atoms with Gasteiger partial charge in [-0.05, 0) is 12.5 Å². The highest BCUT2D eigenvalue weighted by Gasteiger charge is 2.39. The standard InChI is InChI=1S/C11H10F4O/c1-2-16-10(12)9(11(13,14)15)8-6-4-3-5-7-8/h3-7H,2H2,1H3/b10-9+. The number of allylic oxidation sites excluding steroid dienone is 1. The summed E-state index contributed by atoms with van der Waals surface area (Å²) in [6.07, 6.45) is -4.78. The molecule has 1 rings (SSSR count). The molecule has 16 heavy (non-hydrogen) atoms. The lowest BCUT2D eigenvalue weighted by Crippen LogP contribution is -2.13. The van der Waals surface area contributed by atoms with Crippen LogP contribution in [0.4, 0.5) is 17.6 Å². The van der Waals surface area contributed by atoms with Crippen LogP contribution in [0.2, 0.25) is 0 Å². The number of halogens is 4. The Bertz CT molecular complexity index is 367. The second kappa shape index (κ2) is 5.01. The van der Waals surface area contributed by atoms with Crippen molar-refractivity contribution < 1.29 is 22.3 Å². The van der Waals surface area contributed by atoms with Gasteiger partial charge in [0.15, 0.2) is 0 Å². The molecule has 0 saturated carbocycles. The van der Waals surface area contributed by atoms with E-state index in [-0.39, 0.29) is 12.2 Å². The van der Waals surface area contributed by atoms with E-state index in [0.29, 0.717) is 0 Å². The Hall–Kier alpha value is -1.52. The molecule has 0 saturated heterocycles. The van der Waals surface area contributed by atoms with Crippen molar-refractivity contribution in [3.8, 4) is 0 Å². The highest BCUT2D eigenvalue weighted by Crippen LogP contribution is 2.36. The summed E-state index contributed by atoms with van der Waals surface area (Å²) in [5.74, 6) is 0. The van der Waals surface area contributed by atoms with Gasteiger partial charge in [0, 0.05) is 0 Å². The lowest BCUT2D eigenvalue weighted by atomic mass is 10.1. The van der Waals surface area contributed by atoms with Gasteiger partial charge in [-0.1, -0.05) is 30.3 Å². The Morgan fingerprint density at radius 1 is 1.19 bits per heavy atom. The molecule has 0 heterocycles. The first-order valence-electron chi connectivity index (χ1n) is 4.62. The van der Waals surface area contributed by atoms with Crippen LogP contribution >= 0.6 is 0 Å². The molecule has 0 fully saturated rings. The van der Waals surface area contributed by atoms with Crippen LogP contribution in [0.3, 0.4) is 0 Å². The molecule has 0 aliphatic rings. The number of ether oxygens (including phenoxy) is 1. The minimum absolute atomic E-state index is 0.155. The molecular formula is C11H10F4O. The van der Waals surface area contributed by atoms with Gasteiger partial charge in [0.05, 0.1) is 6.61 Å². The highest BCUT2D eigenvalue weighted by atomic mass is 19.4. The zero-order chi connectivity index (χ0) is 12.2. The molecule has 0 atom stereocenters. The van der Waals surface area contributed by atoms with Crippen LogP contribution in [0.25, 0.3) is 5.57 Å². The Labute approximate surface area is 90.3 Å². The summed E-state index contributed by atoms with van der Waals surface area (Å²) >= 11 is 0. The first kappa shape index (κ1) is 12.5. The Kier molecular flexibility index (Phi) is 3.93. The number of hydrogen-bond acceptors (Lipinski definition) is 1. The van der Waals surface area contributed by atoms with Gasteiger partial charge in [-0.25, -0.2) is 0 Å². The van der Waals surface area contributed by atoms with Gasteiger partial charge in [0.25, 0.3) is 6.01 Å². The van der Waals surface area contributed by atoms with Gasteiger partial charge in [-0.15, -0.1) is 0 Å². The molecule has 0 aromatic heterocycles. The minimum Gasteiger partial charge on any atom is -0.471 e. The molecule has 0 N–H and O–H groups in total. The van der Waals surface area contributed by atoms with Crippen LogP contribution in [0.1, 0.15) is 12.5 Å². The maximum absolute atomic E-state index is 13.2. The molecule has 1 nitrogen and oxygen atoms in total. The van der Waals surface area contributed by atoms with Crippen molar-refractivity contribution in [2.24, 2.45) is 0 Å². The van der Waals surface area contributed by atoms with E-state index in [1.54, 1.807) is 6.07 Å². The summed E-state index contributed by atoms with van der Waals surface area (Å²) in [5, 5.41) is 0. The van der Waals surface area contributed by atoms with Gasteiger partial charge in [-0.2, -0.15) is 17.6 Å². The van der Waals surface area contributed by atoms with E-state index in [2.05, 4.69) is 4.74 Å². The normalized spacial score (nSPS) is 13.3. The maximum Gasteiger partial charge on any atom is 0.422 e. The second-order valence-electron chi connectivity index (χ2n) is 2.95. The SMILES string of the molecule is CCO/C(F)=C(\c1ccccc1)C(F)(F)F. The summed E-state index contributed by atoms with van der Waals surface area (Å²) in [7, 11) is 0. The van der Waals surface area contributed by atoms with E-state index in [4.69, 9.17) is 0 Å². The monoisotopic (exact) mass is 234 g/mol. The smallest absolute Gasteiger partial charge is 0.422 e. The van der Waals surface area contributed by atoms with E-state index >= 15 is 0 Å². The fourth-order valence-electron chi connectivity index (χ4n) is 1.19. The van der Waals surface area contributed by atoms with Crippen molar-refractivity contribution in [3.63, 3.8) is 0 Å². The van der Waals surface area contributed by atoms with Crippen molar-refractivity contribution in [2.45, 2.75) is 13.1 Å². The molecule has 0 amide bonds. The van der Waals surface area contributed by atoms with Crippen molar-refractivity contribution in [1.82, 2.24) is 0 Å². The third kappa shape index (κ3) is 2.98. The van der Waals surface area contributed by atoms with Gasteiger partial charge in [0.1, 0.15) is 5.57 Å². The van der Waals surface area contributed by atoms with Crippen LogP contribution in [-0.4, -0.2) is 12.8 Å². The van der Waals surface area contributed by atoms with Crippen molar-refractivity contribution in [1.29, 1.82) is 0 Å². The number of benzene rings is 1. The van der Waals surface area contributed by atoms with Crippen LogP contribution in [0.5, 0.6) is 0 Å². The van der Waals surface area contributed by atoms with E-state index in [9.17, 15) is 17.6 Å². The van der Waals surface area contributed by atoms with Gasteiger partial charge in [0.2, 0.25) is 0 Å². The van der Waals surface area contributed by atoms with E-state index in [1.807, 2.05) is 0 Å². The third-order valence-electron chi connectivity index (χ3n) is 1.81. The van der Waals surface area contributed by atoms with Gasteiger partial charge < -0.3 is 4.74 Å². The molecule has 0 spiro atoms. The van der Waals surface area contributed by atoms with Crippen LogP contribution in [0.15, 0.2) is 36.3 Å². The molecule has 1 aromatic rings. The van der Waals surface area contributed by atoms with Crippen molar-refractivity contribution in [2.75, 3.05) is 6.61 Å². The predicted molar refractivity (Wildman–Crippen MR) is 52.2 cm³/mol. The Balaban J connectivity index is 3.22. The quantitative estimate of drug-likeness (QED) is 0.568. The Morgan fingerprint density at radius 2 is 1.75 bits per heavy atom. The van der Waals surface area contributed by atoms with Crippen LogP contribution < -0.4 is 0 Å². The number of alkyl halides is 3. The molecule has 1 aromatic carbocycles. The third-order valence-corrected chi connectivity index (χ3v) is 1.81. The summed E-state index contributed by atoms with van der Waals surface area (Å²) < 4.78 is 55.3. The fourth-order valence-corrected chi connectivity index (χ4v) is 1.19. The summed E-state index contributed by atoms with van der Waals surface area (Å²) in [5.41, 5.74) is -1.63. The number of rotatable bonds is 3. The second-order valence-corrected chi connectivity index (χ2v) is 2.95. The average Bonchev–Trinajstić information content (AvgIpc) is 2.17. The molecule has 0 unspecified atom stereocenters. The Morgan fingerprint density at radius 3 is 2.19 bits per heavy atom. The number of hydrogen-bond donors (Lipinski definition) is 0. The molecule has 5 heteroatoms. The lowest BCUT2D eigenvalue weighted by molar-refractivity contribution is -0.0730. The van der Waals surface area contributed by atoms with Crippen molar-refractivity contribution >= 4 is 5.57 Å². The average molecular weight is 234 g/mol. The maximum atomic E-state index is 13.2. The van der Waals surface area contributed by atoms with Gasteiger partial charge >= 0.3 is 6.18 Å². The predicted octanol–water partition coefficient (Wildman–Crippen LogP) is 3.92. The summed E-state index contributed by atoms with van der Waals surface area (Å²) in [4.78, 5) is 0. The summed E-state index contributed by atoms with van der Waals surface area (Å²) in [6.45, 7) is 1.26. The summed E-state index contributed by atoms with van der Waals surface area (Å²) in [6, 6.07) is 5.13. The van der Waals surface area contributed by atoms with Crippen LogP contribution in [0, 0.1) is 0 Å². The van der Waals surface area contributed by atoms with Gasteiger partial charge in [-0.3, -0.25) is 0 Å². The lowest BCUT2D eigenvalue weighted by Gasteiger charge is -2.13. The molecular weight excluding hydrogens is 224 g/mol. The van der Waals surface area contributed by atoms with E-state index < -0.39 is 17.8 Å². The van der Waals surface area contributed by atoms with E-state index in [0.717, 1.165) is 0 Å². The fraction of sp³-hybridized carbons (Fsp3) is 0.273. The minimum atomic E-state index is -4.78. The molecule has 0 radical (unpaired) electrons. The molecule has 0 aliphatic heterocycles. The first-order valence-corrected chi connectivity index (χ1v) is 4.62. The first-order chi connectivity index (χ1) is 7.46. The van der Waals surface area contributed by atoms with Crippen LogP contribution in [-0.2, 0) is 4.74 Å². The molecule has 0 aliphatic carbocycles.